The van der Waals surface area contributed by atoms with E-state index in [0.29, 0.717) is 44.6 Å². The molecule has 2 saturated heterocycles. The lowest BCUT2D eigenvalue weighted by molar-refractivity contribution is -0.277. The number of aromatic hydroxyl groups is 4. The maximum atomic E-state index is 16.9. The zero-order valence-corrected chi connectivity index (χ0v) is 74.3. The van der Waals surface area contributed by atoms with Crippen LogP contribution >= 0.6 is 23.2 Å². The number of halogens is 2. The first kappa shape index (κ1) is 99.0. The first-order valence-corrected chi connectivity index (χ1v) is 45.0. The van der Waals surface area contributed by atoms with Crippen molar-refractivity contribution in [1.29, 1.82) is 0 Å². The molecule has 25 N–H and O–H groups in total. The Morgan fingerprint density at radius 2 is 1.11 bits per heavy atom. The minimum absolute atomic E-state index is 0.0751. The summed E-state index contributed by atoms with van der Waals surface area (Å²) in [5.41, 5.74) is 3.17. The number of carbonyl (C=O) groups is 8. The number of rotatable bonds is 30. The Balaban J connectivity index is 1.01. The van der Waals surface area contributed by atoms with Crippen LogP contribution in [-0.4, -0.2) is 241 Å². The van der Waals surface area contributed by atoms with Crippen LogP contribution in [0.5, 0.6) is 69.0 Å². The molecule has 716 valence electrons. The maximum absolute atomic E-state index is 16.9. The van der Waals surface area contributed by atoms with Gasteiger partial charge in [0, 0.05) is 48.2 Å². The third-order valence-corrected chi connectivity index (χ3v) is 24.6. The molecule has 0 saturated carbocycles. The summed E-state index contributed by atoms with van der Waals surface area (Å²) in [6.45, 7) is 2.96. The maximum Gasteiger partial charge on any atom is 0.248 e. The van der Waals surface area contributed by atoms with Crippen LogP contribution in [0.1, 0.15) is 166 Å². The molecule has 2 fully saturated rings. The number of aliphatic hydroxyl groups excluding tert-OH is 8. The van der Waals surface area contributed by atoms with Crippen molar-refractivity contribution < 1.29 is 133 Å². The third kappa shape index (κ3) is 23.7. The lowest BCUT2D eigenvalue weighted by Gasteiger charge is -2.42. The molecule has 39 nitrogen and oxygen atoms in total. The summed E-state index contributed by atoms with van der Waals surface area (Å²) in [5.74, 6) is -15.5. The number of unbranched alkanes of at least 4 members (excludes halogenated alkanes) is 8. The Kier molecular flexibility index (Phi) is 33.9. The van der Waals surface area contributed by atoms with Crippen molar-refractivity contribution in [3.8, 4) is 80.1 Å². The average molecular weight is 1890 g/mol. The van der Waals surface area contributed by atoms with Gasteiger partial charge in [-0.05, 0) is 172 Å². The van der Waals surface area contributed by atoms with E-state index in [1.807, 2.05) is 0 Å². The highest BCUT2D eigenvalue weighted by Crippen LogP contribution is 2.51. The standard InChI is InChI=1S/C92H112Cl2N12O27/c1-3-4-5-6-7-8-9-10-11-15-67(113)101-76-80(117)78(115)65(42-107)131-91(76)133-83-63-36-48-37-64(83)129-60-25-20-47(34-55(60)93)77(114)75-90(126)105-73(85(121)99-31-14-30-98-29-13-28-97-27-12-26-95)53-38-49(109)39-62(130-92-82(119)81(118)79(116)66(43-108)132-92)68(53)52-33-45(18-23-57(52)110)71(87(123)106-75)102-88(124)72(48)103-89(125)74-54-40-51(41-59(112)69(54)94)128-61-35-46(19-24-58(61)111)70(96-2)86(122)100-56(84(120)104-74)32-44-16-21-50(127-63)22-17-44/h16-25,33-41,56,65-66,70-82,91-92,96-98,107-112,114-119H,3-15,26-32,42-43,95H2,1-2H3,(H,99,121)(H,100,122)(H,101,113)(H,102,124)(H,103,125)(H,104,120)(H,105,126)(H,106,123)/t56-,65-,66-,70+,71-,72-,73-,74+,75+,76-,77-,78-,79-,80-,81+,82+,91+,92+/m1/s1. The lowest BCUT2D eigenvalue weighted by Crippen LogP contribution is -2.65. The molecule has 8 aliphatic rings. The minimum Gasteiger partial charge on any atom is -0.508 e. The summed E-state index contributed by atoms with van der Waals surface area (Å²) in [5, 5.41) is 169. The van der Waals surface area contributed by atoms with Crippen molar-refractivity contribution in [1.82, 2.24) is 58.5 Å². The van der Waals surface area contributed by atoms with Crippen LogP contribution in [0, 0.1) is 0 Å². The molecule has 41 heteroatoms. The highest BCUT2D eigenvalue weighted by atomic mass is 35.5. The molecule has 18 atom stereocenters. The number of benzene rings is 7. The summed E-state index contributed by atoms with van der Waals surface area (Å²) in [6, 6.07) is 6.57. The van der Waals surface area contributed by atoms with Gasteiger partial charge in [0.1, 0.15) is 137 Å². The van der Waals surface area contributed by atoms with Gasteiger partial charge in [0.25, 0.3) is 0 Å². The number of phenolic OH excluding ortho intramolecular Hbond substituents is 4. The average Bonchev–Trinajstić information content (AvgIpc) is 0.752. The van der Waals surface area contributed by atoms with Crippen molar-refractivity contribution in [2.75, 3.05) is 59.5 Å². The Morgan fingerprint density at radius 3 is 1.79 bits per heavy atom. The topological polar surface area (TPSA) is 602 Å². The molecule has 0 aliphatic carbocycles. The van der Waals surface area contributed by atoms with E-state index in [0.717, 1.165) is 125 Å². The molecule has 0 aromatic heterocycles. The summed E-state index contributed by atoms with van der Waals surface area (Å²) in [4.78, 5) is 126. The van der Waals surface area contributed by atoms with Crippen molar-refractivity contribution in [3.05, 3.63) is 164 Å². The summed E-state index contributed by atoms with van der Waals surface area (Å²) in [7, 11) is 1.44. The molecule has 133 heavy (non-hydrogen) atoms. The molecule has 15 rings (SSSR count). The number of carbonyl (C=O) groups excluding carboxylic acids is 8. The van der Waals surface area contributed by atoms with Crippen molar-refractivity contribution in [2.24, 2.45) is 5.73 Å². The number of nitrogens with two attached hydrogens (primary N) is 1. The smallest absolute Gasteiger partial charge is 0.248 e. The van der Waals surface area contributed by atoms with Crippen LogP contribution in [-0.2, 0) is 54.3 Å². The molecule has 0 radical (unpaired) electrons. The quantitative estimate of drug-likeness (QED) is 0.0286. The van der Waals surface area contributed by atoms with Gasteiger partial charge in [0.05, 0.1) is 23.3 Å². The van der Waals surface area contributed by atoms with Crippen LogP contribution in [0.15, 0.2) is 115 Å². The lowest BCUT2D eigenvalue weighted by atomic mass is 9.89. The Hall–Kier alpha value is -11.5. The number of aliphatic hydroxyl groups is 8. The third-order valence-electron chi connectivity index (χ3n) is 23.9. The Labute approximate surface area is 774 Å². The van der Waals surface area contributed by atoms with E-state index >= 15 is 28.8 Å². The Bertz CT molecular complexity index is 5340. The fourth-order valence-electron chi connectivity index (χ4n) is 16.6. The van der Waals surface area contributed by atoms with Crippen LogP contribution in [0.4, 0.5) is 0 Å². The zero-order chi connectivity index (χ0) is 95.0. The molecule has 0 unspecified atom stereocenters. The van der Waals surface area contributed by atoms with Crippen LogP contribution in [0.25, 0.3) is 11.1 Å². The van der Waals surface area contributed by atoms with Crippen molar-refractivity contribution in [3.63, 3.8) is 0 Å². The number of hydrogen-bond acceptors (Lipinski definition) is 31. The number of phenols is 4. The van der Waals surface area contributed by atoms with E-state index in [2.05, 4.69) is 65.4 Å². The fourth-order valence-corrected chi connectivity index (χ4v) is 17.1. The van der Waals surface area contributed by atoms with Gasteiger partial charge < -0.3 is 159 Å². The number of likely N-dealkylation sites (N-methyl/N-ethyl adjacent to an activating group) is 1. The molecular weight excluding hydrogens is 1780 g/mol. The largest absolute Gasteiger partial charge is 0.508 e. The van der Waals surface area contributed by atoms with Gasteiger partial charge in [-0.2, -0.15) is 0 Å². The second kappa shape index (κ2) is 45.5. The monoisotopic (exact) mass is 1890 g/mol. The number of ether oxygens (including phenoxy) is 7. The second-order valence-electron chi connectivity index (χ2n) is 33.4. The predicted octanol–water partition coefficient (Wildman–Crippen LogP) is 3.58. The fraction of sp³-hybridized carbons (Fsp3) is 0.457. The van der Waals surface area contributed by atoms with Crippen molar-refractivity contribution in [2.45, 2.75) is 207 Å². The zero-order valence-electron chi connectivity index (χ0n) is 72.7. The van der Waals surface area contributed by atoms with Gasteiger partial charge >= 0.3 is 0 Å². The van der Waals surface area contributed by atoms with Gasteiger partial charge in [0.15, 0.2) is 23.0 Å². The van der Waals surface area contributed by atoms with E-state index in [-0.39, 0.29) is 59.9 Å². The van der Waals surface area contributed by atoms with Gasteiger partial charge in [-0.1, -0.05) is 112 Å². The second-order valence-corrected chi connectivity index (χ2v) is 34.2. The first-order valence-electron chi connectivity index (χ1n) is 44.3. The van der Waals surface area contributed by atoms with Gasteiger partial charge in [-0.25, -0.2) is 0 Å². The molecule has 8 aliphatic heterocycles. The molecule has 8 amide bonds. The highest BCUT2D eigenvalue weighted by molar-refractivity contribution is 6.33. The molecule has 8 heterocycles. The normalized spacial score (nSPS) is 25.3. The first-order chi connectivity index (χ1) is 64.0. The van der Waals surface area contributed by atoms with E-state index in [1.165, 1.54) is 61.6 Å². The van der Waals surface area contributed by atoms with E-state index in [9.17, 15) is 70.9 Å². The molecule has 0 spiro atoms. The summed E-state index contributed by atoms with van der Waals surface area (Å²) >= 11 is 14.4. The van der Waals surface area contributed by atoms with E-state index in [1.54, 1.807) is 0 Å². The van der Waals surface area contributed by atoms with Gasteiger partial charge in [-0.3, -0.25) is 38.4 Å². The van der Waals surface area contributed by atoms with Gasteiger partial charge in [0.2, 0.25) is 65.6 Å². The van der Waals surface area contributed by atoms with Crippen molar-refractivity contribution >= 4 is 70.5 Å². The highest BCUT2D eigenvalue weighted by Gasteiger charge is 2.50. The minimum atomic E-state index is -2.41. The molecule has 7 aromatic rings. The van der Waals surface area contributed by atoms with Crippen LogP contribution in [0.2, 0.25) is 10.0 Å². The van der Waals surface area contributed by atoms with E-state index in [4.69, 9.17) is 62.1 Å². The predicted molar refractivity (Wildman–Crippen MR) is 477 cm³/mol. The number of hydrogen-bond donors (Lipinski definition) is 24. The molecular formula is C92H112Cl2N12O27. The Morgan fingerprint density at radius 1 is 0.504 bits per heavy atom. The summed E-state index contributed by atoms with van der Waals surface area (Å²) in [6.07, 6.45) is -10.1. The van der Waals surface area contributed by atoms with Gasteiger partial charge in [-0.15, -0.1) is 0 Å². The molecule has 17 bridgehead atoms. The summed E-state index contributed by atoms with van der Waals surface area (Å²) < 4.78 is 45.1. The van der Waals surface area contributed by atoms with Crippen LogP contribution < -0.4 is 87.9 Å². The SMILES string of the molecule is CCCCCCCCCCCC(=O)N[C@H]1[C@H](Oc2c3cc4cc2Oc2ccc(cc2Cl)[C@@H](O)[C@@H]2NC(=O)[C@H](NC(=O)[C@@H]4NC(=O)[C@H]4NC(=O)[C@@H](Cc5ccc(cc5)O3)NC(=O)[C@@H](NC)c3ccc(O)c(c3)Oc3cc(O)c(Cl)c4c3)c3ccc(O)c(c3)-c3c(O[C@H]4O[C@H](CO)[C@@H](O)[C@H](O)[C@@H]4O)cc(O)cc3[C@H](C(=O)NCCCNCCCNCCCN)NC2=O)O[C@H](CO)[C@@H](O)[C@@H]1O. The number of amides is 8. The number of nitrogens with one attached hydrogen (secondary N) is 11. The number of fused-ring (bicyclic) bond motifs is 14. The van der Waals surface area contributed by atoms with Crippen LogP contribution in [0.3, 0.4) is 0 Å². The van der Waals surface area contributed by atoms with E-state index < -0.39 is 260 Å². The molecule has 7 aromatic carbocycles.